The molecule has 156 valence electrons. The Labute approximate surface area is 185 Å². The first kappa shape index (κ1) is 22.0. The number of anilines is 1. The average Bonchev–Trinajstić information content (AvgIpc) is 2.71. The van der Waals surface area contributed by atoms with Crippen LogP contribution in [0.2, 0.25) is 5.02 Å². The van der Waals surface area contributed by atoms with E-state index in [1.165, 1.54) is 0 Å². The van der Waals surface area contributed by atoms with E-state index >= 15 is 0 Å². The molecular weight excluding hydrogens is 420 g/mol. The molecule has 0 fully saturated rings. The summed E-state index contributed by atoms with van der Waals surface area (Å²) < 4.78 is 11.0. The minimum Gasteiger partial charge on any atom is -0.491 e. The number of hydrogen-bond donors (Lipinski definition) is 1. The summed E-state index contributed by atoms with van der Waals surface area (Å²) in [6.45, 7) is 3.85. The summed E-state index contributed by atoms with van der Waals surface area (Å²) in [5.74, 6) is 1.37. The minimum absolute atomic E-state index is 0.128. The lowest BCUT2D eigenvalue weighted by Gasteiger charge is -2.12. The van der Waals surface area contributed by atoms with E-state index in [0.717, 1.165) is 27.4 Å². The molecule has 3 rings (SSSR count). The van der Waals surface area contributed by atoms with Crippen molar-refractivity contribution in [1.82, 2.24) is 4.98 Å². The van der Waals surface area contributed by atoms with Gasteiger partial charge in [-0.15, -0.1) is 11.8 Å². The molecule has 0 spiro atoms. The number of nitrogens with zero attached hydrogens (tertiary/aromatic N) is 1. The van der Waals surface area contributed by atoms with Crippen molar-refractivity contribution in [1.29, 1.82) is 0 Å². The fourth-order valence-corrected chi connectivity index (χ4v) is 3.81. The maximum Gasteiger partial charge on any atom is 0.262 e. The fourth-order valence-electron chi connectivity index (χ4n) is 2.89. The molecule has 0 radical (unpaired) electrons. The molecule has 0 aliphatic heterocycles. The van der Waals surface area contributed by atoms with E-state index in [9.17, 15) is 4.79 Å². The molecule has 0 bridgehead atoms. The quantitative estimate of drug-likeness (QED) is 0.455. The molecule has 1 N–H and O–H groups in total. The number of amides is 1. The first-order valence-corrected chi connectivity index (χ1v) is 10.7. The third-order valence-electron chi connectivity index (χ3n) is 4.17. The molecule has 5 nitrogen and oxygen atoms in total. The number of halogens is 1. The molecule has 2 aromatic carbocycles. The van der Waals surface area contributed by atoms with Crippen molar-refractivity contribution in [3.8, 4) is 11.5 Å². The summed E-state index contributed by atoms with van der Waals surface area (Å²) in [5.41, 5.74) is 3.75. The zero-order chi connectivity index (χ0) is 21.5. The Hall–Kier alpha value is -2.70. The van der Waals surface area contributed by atoms with Crippen LogP contribution in [0, 0.1) is 13.8 Å². The molecule has 3 aromatic rings. The Morgan fingerprint density at radius 2 is 1.77 bits per heavy atom. The van der Waals surface area contributed by atoms with Crippen LogP contribution in [0.25, 0.3) is 0 Å². The van der Waals surface area contributed by atoms with E-state index in [2.05, 4.69) is 16.4 Å². The molecule has 1 aromatic heterocycles. The summed E-state index contributed by atoms with van der Waals surface area (Å²) in [4.78, 5) is 17.8. The number of rotatable bonds is 8. The number of aryl methyl sites for hydroxylation is 2. The standard InChI is InChI=1S/C23H23ClN2O3S/c1-15-8-16(2)10-18(9-15)26-23(27)13-29-21-11-19(25-12-22(21)28-3)14-30-20-6-4-17(24)5-7-20/h4-12H,13-14H2,1-3H3,(H,26,27). The van der Waals surface area contributed by atoms with Crippen LogP contribution >= 0.6 is 23.4 Å². The second-order valence-corrected chi connectivity index (χ2v) is 8.27. The molecule has 0 atom stereocenters. The SMILES string of the molecule is COc1cnc(CSc2ccc(Cl)cc2)cc1OCC(=O)Nc1cc(C)cc(C)c1. The molecule has 0 saturated carbocycles. The Bertz CT molecular complexity index is 1010. The van der Waals surface area contributed by atoms with Crippen LogP contribution in [0.3, 0.4) is 0 Å². The molecule has 1 heterocycles. The van der Waals surface area contributed by atoms with E-state index in [4.69, 9.17) is 21.1 Å². The highest BCUT2D eigenvalue weighted by atomic mass is 35.5. The lowest BCUT2D eigenvalue weighted by Crippen LogP contribution is -2.20. The molecule has 1 amide bonds. The van der Waals surface area contributed by atoms with Crippen molar-refractivity contribution in [2.45, 2.75) is 24.5 Å². The summed E-state index contributed by atoms with van der Waals surface area (Å²) in [7, 11) is 1.54. The molecular formula is C23H23ClN2O3S. The molecule has 0 saturated heterocycles. The summed E-state index contributed by atoms with van der Waals surface area (Å²) in [6, 6.07) is 15.3. The van der Waals surface area contributed by atoms with Gasteiger partial charge in [0.05, 0.1) is 19.0 Å². The van der Waals surface area contributed by atoms with Crippen molar-refractivity contribution in [3.63, 3.8) is 0 Å². The zero-order valence-electron chi connectivity index (χ0n) is 17.1. The van der Waals surface area contributed by atoms with Crippen LogP contribution in [0.5, 0.6) is 11.5 Å². The number of carbonyl (C=O) groups excluding carboxylic acids is 1. The second-order valence-electron chi connectivity index (χ2n) is 6.78. The maximum absolute atomic E-state index is 12.3. The Balaban J connectivity index is 1.61. The van der Waals surface area contributed by atoms with E-state index in [1.807, 2.05) is 50.2 Å². The normalized spacial score (nSPS) is 10.5. The highest BCUT2D eigenvalue weighted by Crippen LogP contribution is 2.30. The van der Waals surface area contributed by atoms with Crippen LogP contribution < -0.4 is 14.8 Å². The smallest absolute Gasteiger partial charge is 0.262 e. The molecule has 30 heavy (non-hydrogen) atoms. The van der Waals surface area contributed by atoms with Gasteiger partial charge in [-0.2, -0.15) is 0 Å². The number of ether oxygens (including phenoxy) is 2. The number of thioether (sulfide) groups is 1. The number of nitrogens with one attached hydrogen (secondary N) is 1. The monoisotopic (exact) mass is 442 g/mol. The van der Waals surface area contributed by atoms with E-state index < -0.39 is 0 Å². The van der Waals surface area contributed by atoms with E-state index in [1.54, 1.807) is 31.1 Å². The highest BCUT2D eigenvalue weighted by molar-refractivity contribution is 7.98. The van der Waals surface area contributed by atoms with Crippen molar-refractivity contribution in [2.75, 3.05) is 19.0 Å². The number of pyridine rings is 1. The Morgan fingerprint density at radius 3 is 2.43 bits per heavy atom. The molecule has 0 aliphatic rings. The third-order valence-corrected chi connectivity index (χ3v) is 5.47. The lowest BCUT2D eigenvalue weighted by molar-refractivity contribution is -0.118. The van der Waals surface area contributed by atoms with Gasteiger partial charge in [0.1, 0.15) is 0 Å². The average molecular weight is 443 g/mol. The predicted octanol–water partition coefficient (Wildman–Crippen LogP) is 5.67. The topological polar surface area (TPSA) is 60.5 Å². The van der Waals surface area contributed by atoms with Gasteiger partial charge in [0.25, 0.3) is 5.91 Å². The summed E-state index contributed by atoms with van der Waals surface area (Å²) >= 11 is 7.56. The molecule has 0 aliphatic carbocycles. The largest absolute Gasteiger partial charge is 0.491 e. The first-order valence-electron chi connectivity index (χ1n) is 9.35. The number of methoxy groups -OCH3 is 1. The van der Waals surface area contributed by atoms with E-state index in [-0.39, 0.29) is 12.5 Å². The van der Waals surface area contributed by atoms with Gasteiger partial charge in [-0.05, 0) is 61.4 Å². The predicted molar refractivity (Wildman–Crippen MR) is 122 cm³/mol. The molecule has 0 unspecified atom stereocenters. The van der Waals surface area contributed by atoms with Gasteiger partial charge in [0.2, 0.25) is 0 Å². The summed E-state index contributed by atoms with van der Waals surface area (Å²) in [6.07, 6.45) is 1.61. The van der Waals surface area contributed by atoms with Crippen LogP contribution in [-0.2, 0) is 10.5 Å². The number of aromatic nitrogens is 1. The van der Waals surface area contributed by atoms with E-state index in [0.29, 0.717) is 22.3 Å². The van der Waals surface area contributed by atoms with Crippen molar-refractivity contribution in [3.05, 3.63) is 76.6 Å². The molecule has 7 heteroatoms. The van der Waals surface area contributed by atoms with Crippen LogP contribution in [-0.4, -0.2) is 24.6 Å². The van der Waals surface area contributed by atoms with Gasteiger partial charge >= 0.3 is 0 Å². The van der Waals surface area contributed by atoms with Gasteiger partial charge in [-0.3, -0.25) is 9.78 Å². The third kappa shape index (κ3) is 6.40. The Morgan fingerprint density at radius 1 is 1.07 bits per heavy atom. The van der Waals surface area contributed by atoms with Gasteiger partial charge < -0.3 is 14.8 Å². The minimum atomic E-state index is -0.240. The van der Waals surface area contributed by atoms with Crippen LogP contribution in [0.4, 0.5) is 5.69 Å². The van der Waals surface area contributed by atoms with Gasteiger partial charge in [0.15, 0.2) is 18.1 Å². The summed E-state index contributed by atoms with van der Waals surface area (Å²) in [5, 5.41) is 3.57. The van der Waals surface area contributed by atoms with Gasteiger partial charge in [0, 0.05) is 27.4 Å². The second kappa shape index (κ2) is 10.4. The first-order chi connectivity index (χ1) is 14.4. The van der Waals surface area contributed by atoms with Crippen LogP contribution in [0.15, 0.2) is 59.6 Å². The van der Waals surface area contributed by atoms with Crippen molar-refractivity contribution >= 4 is 35.0 Å². The maximum atomic E-state index is 12.3. The van der Waals surface area contributed by atoms with Gasteiger partial charge in [-0.1, -0.05) is 17.7 Å². The number of carbonyl (C=O) groups is 1. The highest BCUT2D eigenvalue weighted by Gasteiger charge is 2.11. The number of benzene rings is 2. The van der Waals surface area contributed by atoms with Crippen molar-refractivity contribution < 1.29 is 14.3 Å². The van der Waals surface area contributed by atoms with Gasteiger partial charge in [-0.25, -0.2) is 0 Å². The van der Waals surface area contributed by atoms with Crippen LogP contribution in [0.1, 0.15) is 16.8 Å². The Kier molecular flexibility index (Phi) is 7.60. The number of hydrogen-bond acceptors (Lipinski definition) is 5. The lowest BCUT2D eigenvalue weighted by atomic mass is 10.1. The van der Waals surface area contributed by atoms with Crippen molar-refractivity contribution in [2.24, 2.45) is 0 Å². The zero-order valence-corrected chi connectivity index (χ0v) is 18.6. The fraction of sp³-hybridized carbons (Fsp3) is 0.217.